The van der Waals surface area contributed by atoms with Crippen LogP contribution >= 0.6 is 0 Å². The summed E-state index contributed by atoms with van der Waals surface area (Å²) in [5.41, 5.74) is 6.61. The predicted octanol–water partition coefficient (Wildman–Crippen LogP) is 6.59. The van der Waals surface area contributed by atoms with Gasteiger partial charge in [-0.2, -0.15) is 0 Å². The number of hydrogen-bond donors (Lipinski definition) is 4. The Morgan fingerprint density at radius 3 is 1.37 bits per heavy atom. The fraction of sp³-hybridized carbons (Fsp3) is 0.793. The lowest BCUT2D eigenvalue weighted by atomic mass is 9.86. The molecule has 1 fully saturated rings. The summed E-state index contributed by atoms with van der Waals surface area (Å²) >= 11 is 0. The van der Waals surface area contributed by atoms with Gasteiger partial charge in [0, 0.05) is 38.1 Å². The van der Waals surface area contributed by atoms with E-state index in [1.807, 2.05) is 18.2 Å². The lowest BCUT2D eigenvalue weighted by Gasteiger charge is -2.35. The van der Waals surface area contributed by atoms with Crippen molar-refractivity contribution in [3.05, 3.63) is 30.6 Å². The van der Waals surface area contributed by atoms with Crippen molar-refractivity contribution in [2.45, 2.75) is 111 Å². The van der Waals surface area contributed by atoms with E-state index in [-0.39, 0.29) is 35.1 Å². The maximum Gasteiger partial charge on any atom is 0.188 e. The minimum Gasteiger partial charge on any atom is -0.370 e. The maximum absolute atomic E-state index is 5.46. The molecule has 3 rings (SSSR count). The molecule has 0 amide bonds. The maximum atomic E-state index is 5.46. The molecule has 3 heterocycles. The second-order valence-electron chi connectivity index (χ2n) is 11.9. The van der Waals surface area contributed by atoms with Gasteiger partial charge in [0.25, 0.3) is 0 Å². The van der Waals surface area contributed by atoms with E-state index in [9.17, 15) is 0 Å². The number of aliphatic imine (C=N–C) groups is 1. The molecule has 0 aromatic carbocycles. The first-order chi connectivity index (χ1) is 14.1. The first-order valence-electron chi connectivity index (χ1n) is 11.5. The van der Waals surface area contributed by atoms with E-state index in [1.165, 1.54) is 0 Å². The molecule has 5 N–H and O–H groups in total. The van der Waals surface area contributed by atoms with Crippen LogP contribution in [-0.2, 0) is 0 Å². The van der Waals surface area contributed by atoms with Crippen molar-refractivity contribution in [2.24, 2.45) is 27.0 Å². The Morgan fingerprint density at radius 2 is 1.20 bits per heavy atom. The molecule has 0 radical (unpaired) electrons. The van der Waals surface area contributed by atoms with Gasteiger partial charge in [-0.05, 0) is 28.4 Å². The van der Waals surface area contributed by atoms with Gasteiger partial charge >= 0.3 is 0 Å². The van der Waals surface area contributed by atoms with Gasteiger partial charge < -0.3 is 21.7 Å². The minimum absolute atomic E-state index is 0. The van der Waals surface area contributed by atoms with E-state index >= 15 is 0 Å². The summed E-state index contributed by atoms with van der Waals surface area (Å²) in [6, 6.07) is 6.77. The van der Waals surface area contributed by atoms with Crippen LogP contribution in [0.25, 0.3) is 0 Å². The number of rotatable bonds is 0. The molecule has 1 saturated heterocycles. The largest absolute Gasteiger partial charge is 0.370 e. The molecule has 2 unspecified atom stereocenters. The second-order valence-corrected chi connectivity index (χ2v) is 11.9. The van der Waals surface area contributed by atoms with Gasteiger partial charge in [-0.1, -0.05) is 105 Å². The molecule has 2 aliphatic rings. The third-order valence-electron chi connectivity index (χ3n) is 4.46. The molecule has 2 aliphatic heterocycles. The van der Waals surface area contributed by atoms with E-state index in [0.29, 0.717) is 28.9 Å². The van der Waals surface area contributed by atoms with Crippen LogP contribution in [-0.4, -0.2) is 49.2 Å². The molecule has 1 aromatic heterocycles. The number of hydrogen-bond acceptors (Lipinski definition) is 6. The van der Waals surface area contributed by atoms with Gasteiger partial charge in [0.2, 0.25) is 0 Å². The summed E-state index contributed by atoms with van der Waals surface area (Å²) in [7, 11) is 0. The van der Waals surface area contributed by atoms with Gasteiger partial charge in [-0.25, -0.2) is 0 Å². The minimum atomic E-state index is 0. The predicted molar refractivity (Wildman–Crippen MR) is 163 cm³/mol. The zero-order valence-corrected chi connectivity index (χ0v) is 21.8. The lowest BCUT2D eigenvalue weighted by molar-refractivity contribution is 0.239. The first-order valence-corrected chi connectivity index (χ1v) is 11.5. The summed E-state index contributed by atoms with van der Waals surface area (Å²) in [6.07, 6.45) is 3.50. The number of guanidine groups is 1. The summed E-state index contributed by atoms with van der Waals surface area (Å²) < 4.78 is 0. The zero-order valence-electron chi connectivity index (χ0n) is 21.8. The van der Waals surface area contributed by atoms with Crippen LogP contribution in [0.15, 0.2) is 35.6 Å². The fourth-order valence-electron chi connectivity index (χ4n) is 2.53. The Bertz CT molecular complexity index is 544. The molecular weight excluding hydrogens is 432 g/mol. The van der Waals surface area contributed by atoms with Crippen LogP contribution < -0.4 is 21.7 Å². The third-order valence-corrected chi connectivity index (χ3v) is 4.46. The normalized spacial score (nSPS) is 18.6. The molecule has 212 valence electrons. The number of aromatic nitrogens is 1. The Labute approximate surface area is 221 Å². The van der Waals surface area contributed by atoms with E-state index in [2.05, 4.69) is 95.2 Å². The highest BCUT2D eigenvalue weighted by atomic mass is 15.2. The van der Waals surface area contributed by atoms with E-state index in [4.69, 9.17) is 5.73 Å². The number of nitrogens with two attached hydrogens (primary N) is 1. The highest BCUT2D eigenvalue weighted by Crippen LogP contribution is 2.21. The van der Waals surface area contributed by atoms with Gasteiger partial charge in [0.05, 0.1) is 12.6 Å². The van der Waals surface area contributed by atoms with Crippen LogP contribution in [0.2, 0.25) is 0 Å². The van der Waals surface area contributed by atoms with Crippen molar-refractivity contribution in [3.8, 4) is 0 Å². The van der Waals surface area contributed by atoms with Crippen LogP contribution in [0.4, 0.5) is 0 Å². The van der Waals surface area contributed by atoms with E-state index < -0.39 is 0 Å². The van der Waals surface area contributed by atoms with Crippen molar-refractivity contribution in [3.63, 3.8) is 0 Å². The second kappa shape index (κ2) is 20.5. The molecule has 6 heteroatoms. The lowest BCUT2D eigenvalue weighted by Crippen LogP contribution is -2.54. The molecule has 0 spiro atoms. The fourth-order valence-corrected chi connectivity index (χ4v) is 2.53. The number of nitrogens with zero attached hydrogens (tertiary/aromatic N) is 2. The molecule has 6 nitrogen and oxygen atoms in total. The summed E-state index contributed by atoms with van der Waals surface area (Å²) in [6.45, 7) is 26.3. The van der Waals surface area contributed by atoms with Crippen molar-refractivity contribution in [1.29, 1.82) is 0 Å². The van der Waals surface area contributed by atoms with Gasteiger partial charge in [-0.3, -0.25) is 9.98 Å². The Hall–Kier alpha value is -1.66. The summed E-state index contributed by atoms with van der Waals surface area (Å²) in [5, 5.41) is 10.00. The van der Waals surface area contributed by atoms with Crippen molar-refractivity contribution < 1.29 is 0 Å². The Kier molecular flexibility index (Phi) is 25.5. The molecule has 0 bridgehead atoms. The summed E-state index contributed by atoms with van der Waals surface area (Å²) in [4.78, 5) is 7.85. The van der Waals surface area contributed by atoms with E-state index in [0.717, 1.165) is 26.2 Å². The topological polar surface area (TPSA) is 87.4 Å². The van der Waals surface area contributed by atoms with Gasteiger partial charge in [-0.15, -0.1) is 0 Å². The molecule has 1 aromatic rings. The van der Waals surface area contributed by atoms with Crippen molar-refractivity contribution in [2.75, 3.05) is 26.2 Å². The highest BCUT2D eigenvalue weighted by Gasteiger charge is 2.27. The Morgan fingerprint density at radius 1 is 0.743 bits per heavy atom. The van der Waals surface area contributed by atoms with Crippen LogP contribution in [0.1, 0.15) is 98.9 Å². The number of pyridine rings is 1. The summed E-state index contributed by atoms with van der Waals surface area (Å²) in [5.74, 6) is 0.583. The zero-order chi connectivity index (χ0) is 24.1. The standard InChI is InChI=1S/C8H18N2.C7H15N3.C5H5N.C5H12.4CH4/c1-8(2,3)7-6-9-4-5-10-7;1-7(2,3)5-4-9-6(8)10-5;1-2-4-6-5-3-1;1-5(2,3)4;;;;/h7,9-10H,4-6H2,1-3H3;5H,4H2,1-3H3,(H3,8,9,10);1-5H;1-4H3;4*1H4. The molecule has 2 atom stereocenters. The number of piperazine rings is 1. The Balaban J connectivity index is -0.000000114. The first kappa shape index (κ1) is 43.4. The van der Waals surface area contributed by atoms with Crippen molar-refractivity contribution in [1.82, 2.24) is 20.9 Å². The van der Waals surface area contributed by atoms with Gasteiger partial charge in [0.15, 0.2) is 5.96 Å². The average Bonchev–Trinajstić information content (AvgIpc) is 3.10. The van der Waals surface area contributed by atoms with Crippen LogP contribution in [0, 0.1) is 16.2 Å². The molecule has 0 aliphatic carbocycles. The molecule has 35 heavy (non-hydrogen) atoms. The monoisotopic (exact) mass is 499 g/mol. The third kappa shape index (κ3) is 26.8. The average molecular weight is 499 g/mol. The smallest absolute Gasteiger partial charge is 0.188 e. The molecular formula is C29H66N6. The van der Waals surface area contributed by atoms with Crippen molar-refractivity contribution >= 4 is 5.96 Å². The SMILES string of the molecule is C.C.C.C.CC(C)(C)C.CC(C)(C)C1CN=C(N)N1.CC(C)(C)C1CNCCN1.c1ccncc1. The van der Waals surface area contributed by atoms with Gasteiger partial charge in [0.1, 0.15) is 0 Å². The molecule has 0 saturated carbocycles. The van der Waals surface area contributed by atoms with E-state index in [1.54, 1.807) is 12.4 Å². The highest BCUT2D eigenvalue weighted by molar-refractivity contribution is 5.79. The number of nitrogens with one attached hydrogen (secondary N) is 3. The van der Waals surface area contributed by atoms with Crippen LogP contribution in [0.3, 0.4) is 0 Å². The van der Waals surface area contributed by atoms with Crippen LogP contribution in [0.5, 0.6) is 0 Å². The quantitative estimate of drug-likeness (QED) is 0.324.